The van der Waals surface area contributed by atoms with Crippen LogP contribution in [-0.4, -0.2) is 47.6 Å². The third-order valence-electron chi connectivity index (χ3n) is 3.49. The molecule has 0 aromatic rings. The van der Waals surface area contributed by atoms with Crippen LogP contribution in [0.4, 0.5) is 0 Å². The van der Waals surface area contributed by atoms with Crippen molar-refractivity contribution in [2.45, 2.75) is 58.7 Å². The fourth-order valence-corrected chi connectivity index (χ4v) is 2.15. The standard InChI is InChI=1S/C15H27N3O4/c1-8(2)5-6-16-13(19)10(7-9(3)4)17-14(20)11-12(18-11)15(21)22/h8-12,18H,5-7H2,1-4H3,(H,16,19)(H,17,20)(H,21,22)/t10?,11-,12-/m0/s1. The summed E-state index contributed by atoms with van der Waals surface area (Å²) in [6.07, 6.45) is 1.39. The monoisotopic (exact) mass is 313 g/mol. The first-order valence-corrected chi connectivity index (χ1v) is 7.79. The molecule has 1 aliphatic rings. The smallest absolute Gasteiger partial charge is 0.322 e. The second-order valence-electron chi connectivity index (χ2n) is 6.62. The molecular weight excluding hydrogens is 286 g/mol. The van der Waals surface area contributed by atoms with Gasteiger partial charge in [0.1, 0.15) is 18.1 Å². The summed E-state index contributed by atoms with van der Waals surface area (Å²) in [6, 6.07) is -2.21. The molecule has 126 valence electrons. The lowest BCUT2D eigenvalue weighted by Gasteiger charge is -2.20. The van der Waals surface area contributed by atoms with E-state index in [0.29, 0.717) is 18.9 Å². The van der Waals surface area contributed by atoms with Crippen LogP contribution in [0.15, 0.2) is 0 Å². The van der Waals surface area contributed by atoms with Gasteiger partial charge in [0, 0.05) is 6.54 Å². The van der Waals surface area contributed by atoms with E-state index in [1.165, 1.54) is 0 Å². The third-order valence-corrected chi connectivity index (χ3v) is 3.49. The number of hydrogen-bond acceptors (Lipinski definition) is 4. The molecule has 0 bridgehead atoms. The summed E-state index contributed by atoms with van der Waals surface area (Å²) >= 11 is 0. The number of carbonyl (C=O) groups is 3. The summed E-state index contributed by atoms with van der Waals surface area (Å²) in [7, 11) is 0. The molecule has 0 radical (unpaired) electrons. The number of carboxylic acids is 1. The number of carboxylic acid groups (broad SMARTS) is 1. The first kappa shape index (κ1) is 18.4. The van der Waals surface area contributed by atoms with Gasteiger partial charge in [0.05, 0.1) is 0 Å². The molecule has 7 heteroatoms. The molecule has 0 aliphatic carbocycles. The van der Waals surface area contributed by atoms with Gasteiger partial charge >= 0.3 is 5.97 Å². The van der Waals surface area contributed by atoms with Crippen molar-refractivity contribution in [2.75, 3.05) is 6.54 Å². The van der Waals surface area contributed by atoms with Crippen molar-refractivity contribution in [2.24, 2.45) is 11.8 Å². The Balaban J connectivity index is 2.51. The van der Waals surface area contributed by atoms with Crippen molar-refractivity contribution >= 4 is 17.8 Å². The molecule has 1 fully saturated rings. The van der Waals surface area contributed by atoms with Gasteiger partial charge in [-0.05, 0) is 24.7 Å². The van der Waals surface area contributed by atoms with Gasteiger partial charge in [-0.1, -0.05) is 27.7 Å². The van der Waals surface area contributed by atoms with Crippen LogP contribution in [0.3, 0.4) is 0 Å². The number of aliphatic carboxylic acids is 1. The van der Waals surface area contributed by atoms with Crippen molar-refractivity contribution in [1.29, 1.82) is 0 Å². The van der Waals surface area contributed by atoms with E-state index in [-0.39, 0.29) is 11.8 Å². The quantitative estimate of drug-likeness (QED) is 0.451. The summed E-state index contributed by atoms with van der Waals surface area (Å²) in [5, 5.41) is 16.9. The van der Waals surface area contributed by atoms with Crippen LogP contribution in [0, 0.1) is 11.8 Å². The molecule has 0 aromatic heterocycles. The Morgan fingerprint density at radius 2 is 1.73 bits per heavy atom. The summed E-state index contributed by atoms with van der Waals surface area (Å²) in [4.78, 5) is 34.9. The van der Waals surface area contributed by atoms with E-state index in [1.54, 1.807) is 0 Å². The van der Waals surface area contributed by atoms with Crippen LogP contribution >= 0.6 is 0 Å². The lowest BCUT2D eigenvalue weighted by molar-refractivity contribution is -0.137. The van der Waals surface area contributed by atoms with Crippen LogP contribution in [0.1, 0.15) is 40.5 Å². The minimum Gasteiger partial charge on any atom is -0.480 e. The topological polar surface area (TPSA) is 117 Å². The van der Waals surface area contributed by atoms with Crippen molar-refractivity contribution in [1.82, 2.24) is 16.0 Å². The Hall–Kier alpha value is -1.63. The van der Waals surface area contributed by atoms with Crippen molar-refractivity contribution in [3.8, 4) is 0 Å². The minimum atomic E-state index is -1.05. The van der Waals surface area contributed by atoms with E-state index in [0.717, 1.165) is 6.42 Å². The fourth-order valence-electron chi connectivity index (χ4n) is 2.15. The lowest BCUT2D eigenvalue weighted by atomic mass is 10.0. The molecule has 4 N–H and O–H groups in total. The third kappa shape index (κ3) is 6.01. The Morgan fingerprint density at radius 1 is 1.09 bits per heavy atom. The van der Waals surface area contributed by atoms with Crippen molar-refractivity contribution < 1.29 is 19.5 Å². The van der Waals surface area contributed by atoms with E-state index in [9.17, 15) is 14.4 Å². The van der Waals surface area contributed by atoms with Gasteiger partial charge in [-0.3, -0.25) is 19.7 Å². The first-order valence-electron chi connectivity index (χ1n) is 7.79. The van der Waals surface area contributed by atoms with Gasteiger partial charge < -0.3 is 15.7 Å². The summed E-state index contributed by atoms with van der Waals surface area (Å²) in [6.45, 7) is 8.65. The summed E-state index contributed by atoms with van der Waals surface area (Å²) in [5.74, 6) is -0.969. The molecule has 7 nitrogen and oxygen atoms in total. The molecule has 0 aromatic carbocycles. The zero-order valence-corrected chi connectivity index (χ0v) is 13.7. The Labute approximate surface area is 131 Å². The number of hydrogen-bond donors (Lipinski definition) is 4. The molecule has 2 amide bonds. The van der Waals surface area contributed by atoms with Gasteiger partial charge in [0.15, 0.2) is 0 Å². The van der Waals surface area contributed by atoms with Crippen molar-refractivity contribution in [3.05, 3.63) is 0 Å². The molecule has 1 heterocycles. The lowest BCUT2D eigenvalue weighted by Crippen LogP contribution is -2.49. The average molecular weight is 313 g/mol. The number of amides is 2. The number of rotatable bonds is 9. The van der Waals surface area contributed by atoms with Gasteiger partial charge in [-0.2, -0.15) is 0 Å². The minimum absolute atomic E-state index is 0.213. The highest BCUT2D eigenvalue weighted by molar-refractivity contribution is 5.97. The molecule has 1 unspecified atom stereocenters. The van der Waals surface area contributed by atoms with Gasteiger partial charge in [-0.15, -0.1) is 0 Å². The van der Waals surface area contributed by atoms with E-state index in [1.807, 2.05) is 13.8 Å². The van der Waals surface area contributed by atoms with E-state index < -0.39 is 30.0 Å². The van der Waals surface area contributed by atoms with Crippen LogP contribution in [0.5, 0.6) is 0 Å². The molecule has 0 saturated carbocycles. The predicted octanol–water partition coefficient (Wildman–Crippen LogP) is 0.105. The van der Waals surface area contributed by atoms with Gasteiger partial charge in [0.2, 0.25) is 11.8 Å². The predicted molar refractivity (Wildman–Crippen MR) is 82.2 cm³/mol. The normalized spacial score (nSPS) is 21.5. The molecule has 1 saturated heterocycles. The Bertz CT molecular complexity index is 423. The Morgan fingerprint density at radius 3 is 2.18 bits per heavy atom. The first-order chi connectivity index (χ1) is 10.2. The van der Waals surface area contributed by atoms with E-state index in [4.69, 9.17) is 5.11 Å². The maximum atomic E-state index is 12.2. The zero-order valence-electron chi connectivity index (χ0n) is 13.7. The molecule has 22 heavy (non-hydrogen) atoms. The van der Waals surface area contributed by atoms with Crippen LogP contribution in [-0.2, 0) is 14.4 Å². The van der Waals surface area contributed by atoms with Crippen molar-refractivity contribution in [3.63, 3.8) is 0 Å². The summed E-state index contributed by atoms with van der Waals surface area (Å²) in [5.41, 5.74) is 0. The molecule has 1 rings (SSSR count). The van der Waals surface area contributed by atoms with Crippen LogP contribution in [0.25, 0.3) is 0 Å². The largest absolute Gasteiger partial charge is 0.480 e. The van der Waals surface area contributed by atoms with Crippen LogP contribution in [0.2, 0.25) is 0 Å². The zero-order chi connectivity index (χ0) is 16.9. The number of nitrogens with one attached hydrogen (secondary N) is 3. The fraction of sp³-hybridized carbons (Fsp3) is 0.800. The number of carbonyl (C=O) groups excluding carboxylic acids is 2. The van der Waals surface area contributed by atoms with Gasteiger partial charge in [0.25, 0.3) is 0 Å². The molecular formula is C15H27N3O4. The highest BCUT2D eigenvalue weighted by atomic mass is 16.4. The van der Waals surface area contributed by atoms with Crippen LogP contribution < -0.4 is 16.0 Å². The maximum absolute atomic E-state index is 12.2. The molecule has 3 atom stereocenters. The Kier molecular flexibility index (Phi) is 6.80. The highest BCUT2D eigenvalue weighted by Gasteiger charge is 2.48. The second-order valence-corrected chi connectivity index (χ2v) is 6.62. The summed E-state index contributed by atoms with van der Waals surface area (Å²) < 4.78 is 0. The van der Waals surface area contributed by atoms with E-state index in [2.05, 4.69) is 29.8 Å². The van der Waals surface area contributed by atoms with E-state index >= 15 is 0 Å². The molecule has 1 aliphatic heterocycles. The van der Waals surface area contributed by atoms with Gasteiger partial charge in [-0.25, -0.2) is 0 Å². The highest BCUT2D eigenvalue weighted by Crippen LogP contribution is 2.13. The average Bonchev–Trinajstić information content (AvgIpc) is 3.16. The maximum Gasteiger partial charge on any atom is 0.322 e. The SMILES string of the molecule is CC(C)CCNC(=O)C(CC(C)C)NC(=O)[C@H]1N[C@@H]1C(=O)O. The molecule has 0 spiro atoms. The second kappa shape index (κ2) is 8.12.